The van der Waals surface area contributed by atoms with Gasteiger partial charge in [0.2, 0.25) is 0 Å². The highest BCUT2D eigenvalue weighted by molar-refractivity contribution is 4.93. The molecule has 0 saturated carbocycles. The Kier molecular flexibility index (Phi) is 2.68. The Balaban J connectivity index is 3.34. The third kappa shape index (κ3) is 2.40. The molecule has 0 bridgehead atoms. The molecule has 7 heavy (non-hydrogen) atoms. The Bertz CT molecular complexity index is 66.6. The average Bonchev–Trinajstić information content (AvgIpc) is 1.65. The van der Waals surface area contributed by atoms with Gasteiger partial charge in [-0.2, -0.15) is 0 Å². The van der Waals surface area contributed by atoms with Crippen LogP contribution in [0.25, 0.3) is 0 Å². The number of hydrogen-bond donors (Lipinski definition) is 1. The van der Waals surface area contributed by atoms with E-state index in [-0.39, 0.29) is 12.5 Å². The summed E-state index contributed by atoms with van der Waals surface area (Å²) >= 11 is 0. The molecule has 0 saturated heterocycles. The van der Waals surface area contributed by atoms with Crippen LogP contribution in [0.4, 0.5) is 0 Å². The molecule has 1 nitrogen and oxygen atoms in total. The van der Waals surface area contributed by atoms with Gasteiger partial charge in [-0.1, -0.05) is 19.1 Å². The van der Waals surface area contributed by atoms with Crippen LogP contribution in [0.15, 0.2) is 12.2 Å². The SMILES string of the molecule is C=C(C)[C@@H](C)CO. The van der Waals surface area contributed by atoms with Crippen molar-refractivity contribution in [2.24, 2.45) is 5.92 Å². The van der Waals surface area contributed by atoms with Crippen molar-refractivity contribution in [3.63, 3.8) is 0 Å². The monoisotopic (exact) mass is 100 g/mol. The summed E-state index contributed by atoms with van der Waals surface area (Å²) in [6.07, 6.45) is 0. The molecule has 1 heteroatoms. The second-order valence-electron chi connectivity index (χ2n) is 1.93. The van der Waals surface area contributed by atoms with Gasteiger partial charge in [-0.25, -0.2) is 0 Å². The first-order chi connectivity index (χ1) is 3.18. The summed E-state index contributed by atoms with van der Waals surface area (Å²) in [5.41, 5.74) is 1.04. The zero-order valence-electron chi connectivity index (χ0n) is 4.94. The predicted octanol–water partition coefficient (Wildman–Crippen LogP) is 1.19. The molecular weight excluding hydrogens is 88.1 g/mol. The van der Waals surface area contributed by atoms with Gasteiger partial charge in [0.25, 0.3) is 0 Å². The molecule has 0 rings (SSSR count). The second-order valence-corrected chi connectivity index (χ2v) is 1.93. The minimum absolute atomic E-state index is 0.218. The molecule has 1 atom stereocenters. The molecule has 0 aliphatic heterocycles. The molecule has 0 fully saturated rings. The molecule has 0 aliphatic rings. The first-order valence-corrected chi connectivity index (χ1v) is 2.44. The third-order valence-electron chi connectivity index (χ3n) is 1.12. The van der Waals surface area contributed by atoms with Crippen molar-refractivity contribution in [2.75, 3.05) is 6.61 Å². The van der Waals surface area contributed by atoms with E-state index in [2.05, 4.69) is 6.58 Å². The minimum atomic E-state index is 0.218. The van der Waals surface area contributed by atoms with E-state index in [1.54, 1.807) is 0 Å². The van der Waals surface area contributed by atoms with Crippen molar-refractivity contribution >= 4 is 0 Å². The summed E-state index contributed by atoms with van der Waals surface area (Å²) in [7, 11) is 0. The normalized spacial score (nSPS) is 13.6. The molecule has 0 aromatic carbocycles. The highest BCUT2D eigenvalue weighted by atomic mass is 16.3. The van der Waals surface area contributed by atoms with Gasteiger partial charge in [-0.15, -0.1) is 0 Å². The first-order valence-electron chi connectivity index (χ1n) is 2.44. The molecule has 0 spiro atoms. The van der Waals surface area contributed by atoms with Gasteiger partial charge in [0.15, 0.2) is 0 Å². The van der Waals surface area contributed by atoms with Crippen molar-refractivity contribution in [2.45, 2.75) is 13.8 Å². The van der Waals surface area contributed by atoms with Crippen LogP contribution in [-0.2, 0) is 0 Å². The standard InChI is InChI=1S/C6H12O/c1-5(2)6(3)4-7/h6-7H,1,4H2,2-3H3/t6-/m0/s1. The van der Waals surface area contributed by atoms with Gasteiger partial charge < -0.3 is 5.11 Å². The Labute approximate surface area is 44.7 Å². The fourth-order valence-electron chi connectivity index (χ4n) is 0.156. The number of aliphatic hydroxyl groups is 1. The largest absolute Gasteiger partial charge is 0.396 e. The van der Waals surface area contributed by atoms with Crippen LogP contribution < -0.4 is 0 Å². The van der Waals surface area contributed by atoms with E-state index in [0.717, 1.165) is 5.57 Å². The summed E-state index contributed by atoms with van der Waals surface area (Å²) in [6.45, 7) is 7.75. The lowest BCUT2D eigenvalue weighted by Gasteiger charge is -2.03. The zero-order valence-corrected chi connectivity index (χ0v) is 4.94. The topological polar surface area (TPSA) is 20.2 Å². The minimum Gasteiger partial charge on any atom is -0.396 e. The Morgan fingerprint density at radius 2 is 2.29 bits per heavy atom. The number of hydrogen-bond acceptors (Lipinski definition) is 1. The van der Waals surface area contributed by atoms with E-state index >= 15 is 0 Å². The van der Waals surface area contributed by atoms with Crippen molar-refractivity contribution in [3.05, 3.63) is 12.2 Å². The summed E-state index contributed by atoms with van der Waals surface area (Å²) in [5, 5.41) is 8.44. The van der Waals surface area contributed by atoms with Gasteiger partial charge in [-0.3, -0.25) is 0 Å². The van der Waals surface area contributed by atoms with Crippen LogP contribution in [0, 0.1) is 5.92 Å². The molecule has 0 unspecified atom stereocenters. The number of aliphatic hydroxyl groups excluding tert-OH is 1. The molecule has 0 radical (unpaired) electrons. The van der Waals surface area contributed by atoms with Gasteiger partial charge in [0, 0.05) is 6.61 Å². The zero-order chi connectivity index (χ0) is 5.86. The van der Waals surface area contributed by atoms with Gasteiger partial charge >= 0.3 is 0 Å². The molecule has 0 heterocycles. The summed E-state index contributed by atoms with van der Waals surface area (Å²) < 4.78 is 0. The number of rotatable bonds is 2. The Hall–Kier alpha value is -0.300. The molecule has 0 amide bonds. The smallest absolute Gasteiger partial charge is 0.0493 e. The van der Waals surface area contributed by atoms with Crippen LogP contribution in [0.3, 0.4) is 0 Å². The maximum atomic E-state index is 8.44. The summed E-state index contributed by atoms with van der Waals surface area (Å²) in [6, 6.07) is 0. The van der Waals surface area contributed by atoms with Crippen LogP contribution in [0.5, 0.6) is 0 Å². The highest BCUT2D eigenvalue weighted by Gasteiger charge is 1.96. The summed E-state index contributed by atoms with van der Waals surface area (Å²) in [4.78, 5) is 0. The molecular formula is C6H12O. The average molecular weight is 100 g/mol. The van der Waals surface area contributed by atoms with Gasteiger partial charge in [0.1, 0.15) is 0 Å². The second kappa shape index (κ2) is 2.80. The summed E-state index contributed by atoms with van der Waals surface area (Å²) in [5.74, 6) is 0.264. The molecule has 42 valence electrons. The Morgan fingerprint density at radius 3 is 2.29 bits per heavy atom. The fourth-order valence-corrected chi connectivity index (χ4v) is 0.156. The maximum absolute atomic E-state index is 8.44. The van der Waals surface area contributed by atoms with Crippen molar-refractivity contribution < 1.29 is 5.11 Å². The fraction of sp³-hybridized carbons (Fsp3) is 0.667. The van der Waals surface area contributed by atoms with Crippen molar-refractivity contribution in [1.82, 2.24) is 0 Å². The van der Waals surface area contributed by atoms with E-state index < -0.39 is 0 Å². The lowest BCUT2D eigenvalue weighted by molar-refractivity contribution is 0.256. The Morgan fingerprint density at radius 1 is 1.86 bits per heavy atom. The van der Waals surface area contributed by atoms with Crippen LogP contribution in [0.2, 0.25) is 0 Å². The predicted molar refractivity (Wildman–Crippen MR) is 31.1 cm³/mol. The lowest BCUT2D eigenvalue weighted by Crippen LogP contribution is -1.99. The van der Waals surface area contributed by atoms with Crippen LogP contribution in [0.1, 0.15) is 13.8 Å². The molecule has 1 N–H and O–H groups in total. The van der Waals surface area contributed by atoms with E-state index in [0.29, 0.717) is 0 Å². The van der Waals surface area contributed by atoms with Gasteiger partial charge in [0.05, 0.1) is 0 Å². The molecule has 0 aromatic heterocycles. The van der Waals surface area contributed by atoms with E-state index in [1.165, 1.54) is 0 Å². The highest BCUT2D eigenvalue weighted by Crippen LogP contribution is 2.03. The third-order valence-corrected chi connectivity index (χ3v) is 1.12. The molecule has 0 aliphatic carbocycles. The van der Waals surface area contributed by atoms with Crippen LogP contribution >= 0.6 is 0 Å². The van der Waals surface area contributed by atoms with E-state index in [4.69, 9.17) is 5.11 Å². The van der Waals surface area contributed by atoms with Crippen molar-refractivity contribution in [1.29, 1.82) is 0 Å². The maximum Gasteiger partial charge on any atom is 0.0493 e. The van der Waals surface area contributed by atoms with Crippen molar-refractivity contribution in [3.8, 4) is 0 Å². The van der Waals surface area contributed by atoms with E-state index in [9.17, 15) is 0 Å². The molecule has 0 aromatic rings. The van der Waals surface area contributed by atoms with Gasteiger partial charge in [-0.05, 0) is 12.8 Å². The first kappa shape index (κ1) is 6.70. The lowest BCUT2D eigenvalue weighted by atomic mass is 10.1. The van der Waals surface area contributed by atoms with Crippen LogP contribution in [-0.4, -0.2) is 11.7 Å². The van der Waals surface area contributed by atoms with E-state index in [1.807, 2.05) is 13.8 Å². The quantitative estimate of drug-likeness (QED) is 0.517.